The zero-order chi connectivity index (χ0) is 18.6. The molecule has 2 aliphatic rings. The van der Waals surface area contributed by atoms with Gasteiger partial charge >= 0.3 is 0 Å². The van der Waals surface area contributed by atoms with Crippen LogP contribution in [0.3, 0.4) is 0 Å². The average Bonchev–Trinajstić information content (AvgIpc) is 3.02. The van der Waals surface area contributed by atoms with E-state index in [0.29, 0.717) is 24.3 Å². The Kier molecular flexibility index (Phi) is 6.10. The van der Waals surface area contributed by atoms with Gasteiger partial charge in [-0.1, -0.05) is 0 Å². The van der Waals surface area contributed by atoms with Crippen LogP contribution in [-0.2, 0) is 14.6 Å². The smallest absolute Gasteiger partial charge is 0.251 e. The van der Waals surface area contributed by atoms with Crippen molar-refractivity contribution < 1.29 is 17.9 Å². The minimum absolute atomic E-state index is 0.0906. The van der Waals surface area contributed by atoms with Gasteiger partial charge in [0.05, 0.1) is 24.7 Å². The Labute approximate surface area is 154 Å². The third-order valence-corrected chi connectivity index (χ3v) is 6.69. The maximum atomic E-state index is 12.4. The van der Waals surface area contributed by atoms with Gasteiger partial charge in [-0.3, -0.25) is 9.69 Å². The molecule has 3 rings (SSSR count). The fraction of sp³-hybridized carbons (Fsp3) is 0.647. The molecule has 1 aromatic heterocycles. The van der Waals surface area contributed by atoms with Crippen LogP contribution in [0, 0.1) is 0 Å². The van der Waals surface area contributed by atoms with E-state index >= 15 is 0 Å². The van der Waals surface area contributed by atoms with Gasteiger partial charge in [0.2, 0.25) is 0 Å². The molecule has 2 aliphatic heterocycles. The van der Waals surface area contributed by atoms with Crippen molar-refractivity contribution in [3.05, 3.63) is 23.9 Å². The number of carbonyl (C=O) groups is 1. The van der Waals surface area contributed by atoms with Gasteiger partial charge in [-0.05, 0) is 18.6 Å². The number of carbonyl (C=O) groups excluding carboxylic acids is 1. The fourth-order valence-corrected chi connectivity index (χ4v) is 5.05. The Morgan fingerprint density at radius 2 is 2.19 bits per heavy atom. The maximum Gasteiger partial charge on any atom is 0.251 e. The van der Waals surface area contributed by atoms with Crippen LogP contribution in [0.2, 0.25) is 0 Å². The molecular formula is C17H26N4O4S. The molecule has 0 saturated carbocycles. The van der Waals surface area contributed by atoms with E-state index in [1.54, 1.807) is 18.3 Å². The summed E-state index contributed by atoms with van der Waals surface area (Å²) in [5.74, 6) is 0.826. The standard InChI is InChI=1S/C17H26N4O4S/c1-20(15-3-11-26(23,24)13-15)16-12-14(2-4-18-16)17(22)19-5-6-21-7-9-25-10-8-21/h2,4,12,15H,3,5-11,13H2,1H3,(H,19,22). The number of ether oxygens (including phenoxy) is 1. The second kappa shape index (κ2) is 8.32. The molecule has 0 spiro atoms. The van der Waals surface area contributed by atoms with Crippen LogP contribution in [0.5, 0.6) is 0 Å². The largest absolute Gasteiger partial charge is 0.379 e. The zero-order valence-corrected chi connectivity index (χ0v) is 15.9. The molecular weight excluding hydrogens is 356 g/mol. The first-order chi connectivity index (χ1) is 12.4. The summed E-state index contributed by atoms with van der Waals surface area (Å²) in [6.45, 7) is 4.64. The molecule has 26 heavy (non-hydrogen) atoms. The number of nitrogens with zero attached hydrogens (tertiary/aromatic N) is 3. The molecule has 144 valence electrons. The van der Waals surface area contributed by atoms with Gasteiger partial charge in [-0.15, -0.1) is 0 Å². The lowest BCUT2D eigenvalue weighted by molar-refractivity contribution is 0.0383. The molecule has 2 saturated heterocycles. The summed E-state index contributed by atoms with van der Waals surface area (Å²) in [5, 5.41) is 2.93. The van der Waals surface area contributed by atoms with Crippen LogP contribution in [0.15, 0.2) is 18.3 Å². The topological polar surface area (TPSA) is 91.8 Å². The number of morpholine rings is 1. The van der Waals surface area contributed by atoms with Crippen molar-refractivity contribution in [3.8, 4) is 0 Å². The van der Waals surface area contributed by atoms with Gasteiger partial charge in [0.1, 0.15) is 5.82 Å². The van der Waals surface area contributed by atoms with Gasteiger partial charge in [0, 0.05) is 51.0 Å². The van der Waals surface area contributed by atoms with E-state index in [1.165, 1.54) is 0 Å². The van der Waals surface area contributed by atoms with E-state index in [9.17, 15) is 13.2 Å². The predicted octanol–water partition coefficient (Wildman–Crippen LogP) is -0.233. The van der Waals surface area contributed by atoms with Crippen LogP contribution in [0.25, 0.3) is 0 Å². The molecule has 1 N–H and O–H groups in total. The van der Waals surface area contributed by atoms with Crippen LogP contribution in [-0.4, -0.2) is 88.2 Å². The Bertz CT molecular complexity index is 734. The van der Waals surface area contributed by atoms with Crippen molar-refractivity contribution in [1.82, 2.24) is 15.2 Å². The van der Waals surface area contributed by atoms with E-state index in [2.05, 4.69) is 15.2 Å². The molecule has 3 heterocycles. The van der Waals surface area contributed by atoms with Crippen molar-refractivity contribution in [2.45, 2.75) is 12.5 Å². The number of sulfone groups is 1. The third-order valence-electron chi connectivity index (χ3n) is 4.94. The summed E-state index contributed by atoms with van der Waals surface area (Å²) in [6.07, 6.45) is 2.18. The van der Waals surface area contributed by atoms with Gasteiger partial charge in [0.25, 0.3) is 5.91 Å². The van der Waals surface area contributed by atoms with E-state index in [-0.39, 0.29) is 23.5 Å². The highest BCUT2D eigenvalue weighted by Gasteiger charge is 2.31. The monoisotopic (exact) mass is 382 g/mol. The highest BCUT2D eigenvalue weighted by Crippen LogP contribution is 2.21. The number of anilines is 1. The van der Waals surface area contributed by atoms with Gasteiger partial charge in [0.15, 0.2) is 9.84 Å². The van der Waals surface area contributed by atoms with Crippen molar-refractivity contribution in [2.24, 2.45) is 0 Å². The molecule has 8 nitrogen and oxygen atoms in total. The highest BCUT2D eigenvalue weighted by molar-refractivity contribution is 7.91. The number of pyridine rings is 1. The average molecular weight is 382 g/mol. The van der Waals surface area contributed by atoms with Crippen LogP contribution >= 0.6 is 0 Å². The first-order valence-corrected chi connectivity index (χ1v) is 10.7. The number of rotatable bonds is 6. The van der Waals surface area contributed by atoms with Crippen molar-refractivity contribution in [1.29, 1.82) is 0 Å². The lowest BCUT2D eigenvalue weighted by Crippen LogP contribution is -2.41. The second-order valence-electron chi connectivity index (χ2n) is 6.78. The lowest BCUT2D eigenvalue weighted by atomic mass is 10.2. The molecule has 0 bridgehead atoms. The number of aromatic nitrogens is 1. The second-order valence-corrected chi connectivity index (χ2v) is 9.01. The maximum absolute atomic E-state index is 12.4. The molecule has 0 aliphatic carbocycles. The minimum Gasteiger partial charge on any atom is -0.379 e. The van der Waals surface area contributed by atoms with Gasteiger partial charge in [-0.25, -0.2) is 13.4 Å². The van der Waals surface area contributed by atoms with E-state index in [0.717, 1.165) is 32.8 Å². The molecule has 1 atom stereocenters. The van der Waals surface area contributed by atoms with Gasteiger partial charge in [-0.2, -0.15) is 0 Å². The lowest BCUT2D eigenvalue weighted by Gasteiger charge is -2.26. The van der Waals surface area contributed by atoms with E-state index in [4.69, 9.17) is 4.74 Å². The number of hydrogen-bond donors (Lipinski definition) is 1. The third kappa shape index (κ3) is 4.93. The fourth-order valence-electron chi connectivity index (χ4n) is 3.27. The van der Waals surface area contributed by atoms with Crippen LogP contribution < -0.4 is 10.2 Å². The van der Waals surface area contributed by atoms with Crippen LogP contribution in [0.1, 0.15) is 16.8 Å². The Morgan fingerprint density at radius 1 is 1.42 bits per heavy atom. The first-order valence-electron chi connectivity index (χ1n) is 8.92. The minimum atomic E-state index is -2.96. The molecule has 9 heteroatoms. The molecule has 1 aromatic rings. The number of hydrogen-bond acceptors (Lipinski definition) is 7. The summed E-state index contributed by atoms with van der Waals surface area (Å²) >= 11 is 0. The quantitative estimate of drug-likeness (QED) is 0.726. The van der Waals surface area contributed by atoms with Gasteiger partial charge < -0.3 is 15.0 Å². The number of amides is 1. The molecule has 0 radical (unpaired) electrons. The SMILES string of the molecule is CN(c1cc(C(=O)NCCN2CCOCC2)ccn1)C1CCS(=O)(=O)C1. The Balaban J connectivity index is 1.55. The van der Waals surface area contributed by atoms with Crippen molar-refractivity contribution in [3.63, 3.8) is 0 Å². The number of nitrogens with one attached hydrogen (secondary N) is 1. The van der Waals surface area contributed by atoms with E-state index < -0.39 is 9.84 Å². The molecule has 1 amide bonds. The normalized spacial score (nSPS) is 22.9. The highest BCUT2D eigenvalue weighted by atomic mass is 32.2. The first kappa shape index (κ1) is 19.1. The summed E-state index contributed by atoms with van der Waals surface area (Å²) in [6, 6.07) is 3.30. The Hall–Kier alpha value is -1.71. The summed E-state index contributed by atoms with van der Waals surface area (Å²) in [5.41, 5.74) is 0.532. The van der Waals surface area contributed by atoms with Crippen molar-refractivity contribution >= 4 is 21.6 Å². The molecule has 2 fully saturated rings. The van der Waals surface area contributed by atoms with Crippen molar-refractivity contribution in [2.75, 3.05) is 62.8 Å². The predicted molar refractivity (Wildman–Crippen MR) is 99.3 cm³/mol. The molecule has 1 unspecified atom stereocenters. The van der Waals surface area contributed by atoms with Crippen LogP contribution in [0.4, 0.5) is 5.82 Å². The Morgan fingerprint density at radius 3 is 2.88 bits per heavy atom. The summed E-state index contributed by atoms with van der Waals surface area (Å²) < 4.78 is 28.7. The zero-order valence-electron chi connectivity index (χ0n) is 15.1. The molecule has 0 aromatic carbocycles. The summed E-state index contributed by atoms with van der Waals surface area (Å²) in [4.78, 5) is 20.8. The van der Waals surface area contributed by atoms with E-state index in [1.807, 2.05) is 11.9 Å². The summed E-state index contributed by atoms with van der Waals surface area (Å²) in [7, 11) is -1.13.